The number of ether oxygens (including phenoxy) is 1. The van der Waals surface area contributed by atoms with E-state index < -0.39 is 17.5 Å². The molecule has 2 atom stereocenters. The maximum Gasteiger partial charge on any atom is 0.234 e. The summed E-state index contributed by atoms with van der Waals surface area (Å²) in [5.41, 5.74) is 0. The van der Waals surface area contributed by atoms with Crippen molar-refractivity contribution in [2.24, 2.45) is 0 Å². The third-order valence-electron chi connectivity index (χ3n) is 1.32. The minimum absolute atomic E-state index is 0.492. The van der Waals surface area contributed by atoms with Crippen LogP contribution in [-0.4, -0.2) is 15.0 Å². The molecule has 1 aromatic carbocycles. The van der Waals surface area contributed by atoms with Gasteiger partial charge in [-0.2, -0.15) is 4.72 Å². The largest absolute Gasteiger partial charge is 0.475 e. The molecule has 1 rings (SSSR count). The van der Waals surface area contributed by atoms with Crippen LogP contribution in [0.3, 0.4) is 0 Å². The van der Waals surface area contributed by atoms with Gasteiger partial charge in [-0.05, 0) is 19.1 Å². The summed E-state index contributed by atoms with van der Waals surface area (Å²) in [6, 6.07) is 9.09. The third kappa shape index (κ3) is 4.02. The van der Waals surface area contributed by atoms with Crippen LogP contribution >= 0.6 is 0 Å². The molecule has 0 spiro atoms. The first-order valence-corrected chi connectivity index (χ1v) is 4.88. The first-order valence-electron chi connectivity index (χ1n) is 3.77. The van der Waals surface area contributed by atoms with Crippen molar-refractivity contribution in [3.05, 3.63) is 30.3 Å². The summed E-state index contributed by atoms with van der Waals surface area (Å²) in [5, 5.41) is 0. The van der Waals surface area contributed by atoms with E-state index in [-0.39, 0.29) is 0 Å². The summed E-state index contributed by atoms with van der Waals surface area (Å²) in [6.07, 6.45) is -0.492. The Balaban J connectivity index is 2.45. The molecule has 0 saturated heterocycles. The Hall–Kier alpha value is -0.910. The highest BCUT2D eigenvalue weighted by Gasteiger charge is 2.04. The molecule has 4 nitrogen and oxygen atoms in total. The van der Waals surface area contributed by atoms with Crippen molar-refractivity contribution in [1.29, 1.82) is 0 Å². The van der Waals surface area contributed by atoms with Gasteiger partial charge in [-0.25, -0.2) is 4.21 Å². The number of rotatable bonds is 4. The molecule has 0 aromatic heterocycles. The van der Waals surface area contributed by atoms with E-state index in [2.05, 4.69) is 4.72 Å². The van der Waals surface area contributed by atoms with E-state index in [0.717, 1.165) is 0 Å². The quantitative estimate of drug-likeness (QED) is 0.567. The Morgan fingerprint density at radius 2 is 2.08 bits per heavy atom. The van der Waals surface area contributed by atoms with E-state index in [9.17, 15) is 4.21 Å². The summed E-state index contributed by atoms with van der Waals surface area (Å²) in [4.78, 5) is 0. The van der Waals surface area contributed by atoms with Crippen LogP contribution in [0.5, 0.6) is 5.75 Å². The standard InChI is InChI=1S/C8H11NO3S/c1-7(9-13(10)11)12-8-5-3-2-4-6-8/h2-7,9H,1H3,(H,10,11). The fraction of sp³-hybridized carbons (Fsp3) is 0.250. The molecule has 0 aliphatic carbocycles. The van der Waals surface area contributed by atoms with Gasteiger partial charge >= 0.3 is 0 Å². The molecule has 2 unspecified atom stereocenters. The fourth-order valence-corrected chi connectivity index (χ4v) is 1.20. The Morgan fingerprint density at radius 3 is 2.62 bits per heavy atom. The van der Waals surface area contributed by atoms with E-state index in [1.165, 1.54) is 0 Å². The van der Waals surface area contributed by atoms with Crippen LogP contribution in [-0.2, 0) is 11.3 Å². The molecule has 0 saturated carbocycles. The van der Waals surface area contributed by atoms with E-state index in [0.29, 0.717) is 5.75 Å². The first kappa shape index (κ1) is 10.2. The molecule has 0 amide bonds. The predicted octanol–water partition coefficient (Wildman–Crippen LogP) is 1.14. The Kier molecular flexibility index (Phi) is 3.88. The second-order valence-electron chi connectivity index (χ2n) is 2.44. The Labute approximate surface area is 79.3 Å². The van der Waals surface area contributed by atoms with Gasteiger partial charge in [0.25, 0.3) is 0 Å². The first-order chi connectivity index (χ1) is 6.18. The zero-order valence-electron chi connectivity index (χ0n) is 7.14. The lowest BCUT2D eigenvalue weighted by molar-refractivity contribution is 0.209. The third-order valence-corrected chi connectivity index (χ3v) is 1.86. The van der Waals surface area contributed by atoms with Crippen LogP contribution < -0.4 is 9.46 Å². The summed E-state index contributed by atoms with van der Waals surface area (Å²) < 4.78 is 26.4. The monoisotopic (exact) mass is 201 g/mol. The van der Waals surface area contributed by atoms with E-state index in [1.54, 1.807) is 19.1 Å². The molecule has 1 aromatic rings. The SMILES string of the molecule is CC(NS(=O)O)Oc1ccccc1. The van der Waals surface area contributed by atoms with E-state index in [4.69, 9.17) is 9.29 Å². The number of hydrogen-bond acceptors (Lipinski definition) is 2. The molecule has 13 heavy (non-hydrogen) atoms. The molecule has 0 aliphatic heterocycles. The average molecular weight is 201 g/mol. The molecular formula is C8H11NO3S. The summed E-state index contributed by atoms with van der Waals surface area (Å²) in [5.74, 6) is 0.660. The van der Waals surface area contributed by atoms with Crippen molar-refractivity contribution in [3.8, 4) is 5.75 Å². The lowest BCUT2D eigenvalue weighted by Gasteiger charge is -2.13. The number of nitrogens with one attached hydrogen (secondary N) is 1. The maximum absolute atomic E-state index is 10.3. The highest BCUT2D eigenvalue weighted by atomic mass is 32.2. The Morgan fingerprint density at radius 1 is 1.46 bits per heavy atom. The molecule has 72 valence electrons. The number of hydrogen-bond donors (Lipinski definition) is 2. The number of benzene rings is 1. The van der Waals surface area contributed by atoms with E-state index >= 15 is 0 Å². The van der Waals surface area contributed by atoms with Gasteiger partial charge in [-0.3, -0.25) is 4.55 Å². The molecule has 5 heteroatoms. The molecular weight excluding hydrogens is 190 g/mol. The van der Waals surface area contributed by atoms with Gasteiger partial charge < -0.3 is 4.74 Å². The fourth-order valence-electron chi connectivity index (χ4n) is 0.869. The zero-order chi connectivity index (χ0) is 9.68. The van der Waals surface area contributed by atoms with Crippen molar-refractivity contribution >= 4 is 11.3 Å². The summed E-state index contributed by atoms with van der Waals surface area (Å²) in [7, 11) is 0. The zero-order valence-corrected chi connectivity index (χ0v) is 7.95. The van der Waals surface area contributed by atoms with Gasteiger partial charge in [0.1, 0.15) is 5.75 Å². The van der Waals surface area contributed by atoms with Crippen molar-refractivity contribution in [3.63, 3.8) is 0 Å². The Bertz CT molecular complexity index is 278. The highest BCUT2D eigenvalue weighted by Crippen LogP contribution is 2.09. The smallest absolute Gasteiger partial charge is 0.234 e. The predicted molar refractivity (Wildman–Crippen MR) is 50.4 cm³/mol. The minimum Gasteiger partial charge on any atom is -0.475 e. The molecule has 0 aliphatic rings. The van der Waals surface area contributed by atoms with Crippen LogP contribution in [0.15, 0.2) is 30.3 Å². The van der Waals surface area contributed by atoms with Crippen molar-refractivity contribution < 1.29 is 13.5 Å². The van der Waals surface area contributed by atoms with Crippen LogP contribution in [0.4, 0.5) is 0 Å². The van der Waals surface area contributed by atoms with Crippen molar-refractivity contribution in [2.75, 3.05) is 0 Å². The van der Waals surface area contributed by atoms with Gasteiger partial charge in [0.2, 0.25) is 11.3 Å². The van der Waals surface area contributed by atoms with Gasteiger partial charge in [0, 0.05) is 0 Å². The van der Waals surface area contributed by atoms with Gasteiger partial charge in [-0.1, -0.05) is 18.2 Å². The van der Waals surface area contributed by atoms with Crippen LogP contribution in [0.25, 0.3) is 0 Å². The normalized spacial score (nSPS) is 14.9. The second kappa shape index (κ2) is 4.96. The molecule has 2 N–H and O–H groups in total. The average Bonchev–Trinajstić information content (AvgIpc) is 2.04. The van der Waals surface area contributed by atoms with Crippen LogP contribution in [0.1, 0.15) is 6.92 Å². The van der Waals surface area contributed by atoms with Gasteiger partial charge in [0.05, 0.1) is 0 Å². The van der Waals surface area contributed by atoms with Gasteiger partial charge in [0.15, 0.2) is 6.23 Å². The van der Waals surface area contributed by atoms with E-state index in [1.807, 2.05) is 18.2 Å². The molecule has 0 fully saturated rings. The highest BCUT2D eigenvalue weighted by molar-refractivity contribution is 7.77. The molecule has 0 bridgehead atoms. The molecule has 0 heterocycles. The molecule has 0 radical (unpaired) electrons. The summed E-state index contributed by atoms with van der Waals surface area (Å²) in [6.45, 7) is 1.65. The summed E-state index contributed by atoms with van der Waals surface area (Å²) >= 11 is -2.04. The minimum atomic E-state index is -2.04. The maximum atomic E-state index is 10.3. The van der Waals surface area contributed by atoms with Crippen LogP contribution in [0.2, 0.25) is 0 Å². The number of para-hydroxylation sites is 1. The van der Waals surface area contributed by atoms with Crippen molar-refractivity contribution in [1.82, 2.24) is 4.72 Å². The lowest BCUT2D eigenvalue weighted by atomic mass is 10.3. The van der Waals surface area contributed by atoms with Gasteiger partial charge in [-0.15, -0.1) is 0 Å². The van der Waals surface area contributed by atoms with Crippen LogP contribution in [0, 0.1) is 0 Å². The second-order valence-corrected chi connectivity index (χ2v) is 3.17. The topological polar surface area (TPSA) is 58.6 Å². The lowest BCUT2D eigenvalue weighted by Crippen LogP contribution is -2.32. The van der Waals surface area contributed by atoms with Crippen molar-refractivity contribution in [2.45, 2.75) is 13.2 Å².